The topological polar surface area (TPSA) is 94.0 Å². The SMILES string of the molecule is COc1c(F)cccc1Nc1cc(NC(C)=O)nc(-n2nc(C)cc2C)n1. The van der Waals surface area contributed by atoms with Crippen molar-refractivity contribution in [2.75, 3.05) is 17.7 Å². The Hall–Kier alpha value is -3.49. The lowest BCUT2D eigenvalue weighted by molar-refractivity contribution is -0.114. The van der Waals surface area contributed by atoms with Gasteiger partial charge in [-0.3, -0.25) is 4.79 Å². The van der Waals surface area contributed by atoms with Crippen molar-refractivity contribution in [3.63, 3.8) is 0 Å². The first-order valence-corrected chi connectivity index (χ1v) is 8.17. The number of carbonyl (C=O) groups excluding carboxylic acids is 1. The highest BCUT2D eigenvalue weighted by molar-refractivity contribution is 5.88. The Balaban J connectivity index is 2.07. The molecule has 3 rings (SSSR count). The number of nitrogens with one attached hydrogen (secondary N) is 2. The second-order valence-corrected chi connectivity index (χ2v) is 5.90. The molecule has 1 aromatic carbocycles. The second kappa shape index (κ2) is 7.40. The molecule has 0 saturated heterocycles. The zero-order chi connectivity index (χ0) is 19.6. The van der Waals surface area contributed by atoms with Crippen LogP contribution in [0.2, 0.25) is 0 Å². The molecule has 9 heteroatoms. The molecule has 0 aliphatic carbocycles. The molecule has 0 bridgehead atoms. The Morgan fingerprint density at radius 3 is 2.56 bits per heavy atom. The lowest BCUT2D eigenvalue weighted by Gasteiger charge is -2.13. The predicted octanol–water partition coefficient (Wildman–Crippen LogP) is 3.13. The minimum atomic E-state index is -0.502. The summed E-state index contributed by atoms with van der Waals surface area (Å²) >= 11 is 0. The molecule has 0 unspecified atom stereocenters. The number of methoxy groups -OCH3 is 1. The van der Waals surface area contributed by atoms with Gasteiger partial charge < -0.3 is 15.4 Å². The summed E-state index contributed by atoms with van der Waals surface area (Å²) in [6.07, 6.45) is 0. The summed E-state index contributed by atoms with van der Waals surface area (Å²) in [7, 11) is 1.38. The number of anilines is 3. The molecular weight excluding hydrogens is 351 g/mol. The van der Waals surface area contributed by atoms with Crippen molar-refractivity contribution >= 4 is 23.2 Å². The fourth-order valence-electron chi connectivity index (χ4n) is 2.62. The van der Waals surface area contributed by atoms with E-state index in [1.54, 1.807) is 22.9 Å². The van der Waals surface area contributed by atoms with Crippen LogP contribution in [0.4, 0.5) is 21.7 Å². The van der Waals surface area contributed by atoms with Crippen LogP contribution in [-0.4, -0.2) is 32.8 Å². The van der Waals surface area contributed by atoms with Crippen LogP contribution in [0.15, 0.2) is 30.3 Å². The van der Waals surface area contributed by atoms with Crippen molar-refractivity contribution in [3.8, 4) is 11.7 Å². The number of aryl methyl sites for hydroxylation is 2. The summed E-state index contributed by atoms with van der Waals surface area (Å²) in [4.78, 5) is 20.2. The van der Waals surface area contributed by atoms with E-state index in [1.807, 2.05) is 19.9 Å². The fraction of sp³-hybridized carbons (Fsp3) is 0.222. The summed E-state index contributed by atoms with van der Waals surface area (Å²) in [5.41, 5.74) is 2.04. The molecule has 0 aliphatic heterocycles. The van der Waals surface area contributed by atoms with Crippen molar-refractivity contribution in [2.45, 2.75) is 20.8 Å². The first-order valence-electron chi connectivity index (χ1n) is 8.17. The van der Waals surface area contributed by atoms with Crippen LogP contribution in [0.1, 0.15) is 18.3 Å². The predicted molar refractivity (Wildman–Crippen MR) is 99.2 cm³/mol. The quantitative estimate of drug-likeness (QED) is 0.717. The summed E-state index contributed by atoms with van der Waals surface area (Å²) in [6.45, 7) is 5.11. The third-order valence-corrected chi connectivity index (χ3v) is 3.65. The summed E-state index contributed by atoms with van der Waals surface area (Å²) in [5.74, 6) is 0.187. The van der Waals surface area contributed by atoms with Gasteiger partial charge in [-0.15, -0.1) is 0 Å². The smallest absolute Gasteiger partial charge is 0.254 e. The lowest BCUT2D eigenvalue weighted by Crippen LogP contribution is -2.13. The van der Waals surface area contributed by atoms with Gasteiger partial charge >= 0.3 is 0 Å². The summed E-state index contributed by atoms with van der Waals surface area (Å²) in [6, 6.07) is 7.94. The Labute approximate surface area is 155 Å². The molecule has 0 fully saturated rings. The number of rotatable bonds is 5. The Morgan fingerprint density at radius 1 is 1.19 bits per heavy atom. The first kappa shape index (κ1) is 18.3. The zero-order valence-electron chi connectivity index (χ0n) is 15.4. The highest BCUT2D eigenvalue weighted by Crippen LogP contribution is 2.30. The Bertz CT molecular complexity index is 1000. The van der Waals surface area contributed by atoms with Crippen LogP contribution in [0.3, 0.4) is 0 Å². The van der Waals surface area contributed by atoms with Gasteiger partial charge in [0.05, 0.1) is 18.5 Å². The van der Waals surface area contributed by atoms with Gasteiger partial charge in [-0.1, -0.05) is 6.07 Å². The number of carbonyl (C=O) groups is 1. The maximum Gasteiger partial charge on any atom is 0.254 e. The number of halogens is 1. The number of para-hydroxylation sites is 1. The van der Waals surface area contributed by atoms with Gasteiger partial charge in [-0.2, -0.15) is 15.1 Å². The number of benzene rings is 1. The Kier molecular flexibility index (Phi) is 5.02. The molecular formula is C18H19FN6O2. The van der Waals surface area contributed by atoms with Gasteiger partial charge in [0.2, 0.25) is 5.91 Å². The molecule has 2 aromatic heterocycles. The summed E-state index contributed by atoms with van der Waals surface area (Å²) in [5, 5.41) is 10.00. The van der Waals surface area contributed by atoms with E-state index in [9.17, 15) is 9.18 Å². The Morgan fingerprint density at radius 2 is 1.93 bits per heavy atom. The molecule has 1 amide bonds. The lowest BCUT2D eigenvalue weighted by atomic mass is 10.2. The molecule has 8 nitrogen and oxygen atoms in total. The minimum absolute atomic E-state index is 0.0600. The van der Waals surface area contributed by atoms with Crippen LogP contribution in [0.5, 0.6) is 5.75 Å². The van der Waals surface area contributed by atoms with Crippen LogP contribution in [0, 0.1) is 19.7 Å². The standard InChI is InChI=1S/C18H19FN6O2/c1-10-8-11(2)25(24-10)18-22-15(20-12(3)26)9-16(23-18)21-14-7-5-6-13(19)17(14)27-4/h5-9H,1-4H3,(H2,20,21,22,23,26). The van der Waals surface area contributed by atoms with E-state index in [0.717, 1.165) is 11.4 Å². The molecule has 2 heterocycles. The van der Waals surface area contributed by atoms with Crippen molar-refractivity contribution in [2.24, 2.45) is 0 Å². The minimum Gasteiger partial charge on any atom is -0.492 e. The van der Waals surface area contributed by atoms with Gasteiger partial charge in [-0.05, 0) is 32.0 Å². The van der Waals surface area contributed by atoms with Crippen LogP contribution < -0.4 is 15.4 Å². The molecule has 0 spiro atoms. The number of nitrogens with zero attached hydrogens (tertiary/aromatic N) is 4. The van der Waals surface area contributed by atoms with Crippen LogP contribution >= 0.6 is 0 Å². The average molecular weight is 370 g/mol. The van der Waals surface area contributed by atoms with Gasteiger partial charge in [-0.25, -0.2) is 9.07 Å². The number of hydrogen-bond donors (Lipinski definition) is 2. The molecule has 0 atom stereocenters. The van der Waals surface area contributed by atoms with Crippen LogP contribution in [0.25, 0.3) is 5.95 Å². The van der Waals surface area contributed by atoms with Gasteiger partial charge in [0.15, 0.2) is 11.6 Å². The highest BCUT2D eigenvalue weighted by atomic mass is 19.1. The molecule has 0 saturated carbocycles. The first-order chi connectivity index (χ1) is 12.9. The fourth-order valence-corrected chi connectivity index (χ4v) is 2.62. The molecule has 0 radical (unpaired) electrons. The third kappa shape index (κ3) is 4.02. The molecule has 140 valence electrons. The van der Waals surface area contributed by atoms with E-state index < -0.39 is 5.82 Å². The van der Waals surface area contributed by atoms with E-state index in [1.165, 1.54) is 20.1 Å². The largest absolute Gasteiger partial charge is 0.492 e. The number of ether oxygens (including phenoxy) is 1. The second-order valence-electron chi connectivity index (χ2n) is 5.90. The van der Waals surface area contributed by atoms with E-state index in [0.29, 0.717) is 11.5 Å². The van der Waals surface area contributed by atoms with Gasteiger partial charge in [0, 0.05) is 18.7 Å². The average Bonchev–Trinajstić information content (AvgIpc) is 2.93. The van der Waals surface area contributed by atoms with Gasteiger partial charge in [0.1, 0.15) is 11.6 Å². The van der Waals surface area contributed by atoms with E-state index >= 15 is 0 Å². The number of aromatic nitrogens is 4. The maximum atomic E-state index is 13.9. The van der Waals surface area contributed by atoms with Gasteiger partial charge in [0.25, 0.3) is 5.95 Å². The maximum absolute atomic E-state index is 13.9. The monoisotopic (exact) mass is 370 g/mol. The van der Waals surface area contributed by atoms with Crippen molar-refractivity contribution in [1.82, 2.24) is 19.7 Å². The van der Waals surface area contributed by atoms with Crippen LogP contribution in [-0.2, 0) is 4.79 Å². The van der Waals surface area contributed by atoms with E-state index in [-0.39, 0.29) is 23.4 Å². The van der Waals surface area contributed by atoms with E-state index in [2.05, 4.69) is 25.7 Å². The van der Waals surface area contributed by atoms with Crippen molar-refractivity contribution in [1.29, 1.82) is 0 Å². The van der Waals surface area contributed by atoms with E-state index in [4.69, 9.17) is 4.74 Å². The van der Waals surface area contributed by atoms with Crippen molar-refractivity contribution in [3.05, 3.63) is 47.5 Å². The summed E-state index contributed by atoms with van der Waals surface area (Å²) < 4.78 is 20.6. The normalized spacial score (nSPS) is 10.6. The number of hydrogen-bond acceptors (Lipinski definition) is 6. The highest BCUT2D eigenvalue weighted by Gasteiger charge is 2.14. The molecule has 2 N–H and O–H groups in total. The third-order valence-electron chi connectivity index (χ3n) is 3.65. The number of amides is 1. The molecule has 27 heavy (non-hydrogen) atoms. The zero-order valence-corrected chi connectivity index (χ0v) is 15.4. The van der Waals surface area contributed by atoms with Crippen molar-refractivity contribution < 1.29 is 13.9 Å². The molecule has 3 aromatic rings. The molecule has 0 aliphatic rings.